The molecule has 82 valence electrons. The zero-order chi connectivity index (χ0) is 10.8. The lowest BCUT2D eigenvalue weighted by molar-refractivity contribution is -0.133. The van der Waals surface area contributed by atoms with Gasteiger partial charge >= 0.3 is 0 Å². The molecule has 1 heterocycles. The van der Waals surface area contributed by atoms with Crippen LogP contribution in [0.25, 0.3) is 0 Å². The van der Waals surface area contributed by atoms with Crippen LogP contribution in [0.1, 0.15) is 20.8 Å². The Bertz CT molecular complexity index is 224. The first-order valence-electron chi connectivity index (χ1n) is 4.82. The number of amides is 1. The van der Waals surface area contributed by atoms with E-state index in [-0.39, 0.29) is 11.3 Å². The molecule has 1 amide bonds. The molecule has 0 atom stereocenters. The Hall–Kier alpha value is -0.280. The molecule has 0 radical (unpaired) electrons. The highest BCUT2D eigenvalue weighted by Crippen LogP contribution is 2.26. The number of hydrogen-bond acceptors (Lipinski definition) is 2. The number of nitrogens with one attached hydrogen (secondary N) is 1. The van der Waals surface area contributed by atoms with E-state index in [1.54, 1.807) is 0 Å². The van der Waals surface area contributed by atoms with E-state index < -0.39 is 5.41 Å². The van der Waals surface area contributed by atoms with E-state index in [4.69, 9.17) is 16.3 Å². The van der Waals surface area contributed by atoms with Gasteiger partial charge in [-0.2, -0.15) is 0 Å². The maximum absolute atomic E-state index is 11.6. The lowest BCUT2D eigenvalue weighted by Gasteiger charge is -2.38. The second-order valence-electron chi connectivity index (χ2n) is 5.00. The fourth-order valence-electron chi connectivity index (χ4n) is 1.15. The molecule has 1 saturated heterocycles. The van der Waals surface area contributed by atoms with Crippen LogP contribution >= 0.6 is 11.6 Å². The van der Waals surface area contributed by atoms with Crippen LogP contribution < -0.4 is 5.32 Å². The Balaban J connectivity index is 2.34. The smallest absolute Gasteiger partial charge is 0.226 e. The molecule has 0 aromatic rings. The summed E-state index contributed by atoms with van der Waals surface area (Å²) in [4.78, 5) is 11.6. The molecule has 1 fully saturated rings. The number of rotatable bonds is 4. The molecule has 0 saturated carbocycles. The van der Waals surface area contributed by atoms with Crippen molar-refractivity contribution in [2.24, 2.45) is 10.8 Å². The zero-order valence-electron chi connectivity index (χ0n) is 9.02. The number of ether oxygens (including phenoxy) is 1. The molecule has 1 aliphatic rings. The van der Waals surface area contributed by atoms with Crippen molar-refractivity contribution in [2.45, 2.75) is 20.8 Å². The maximum Gasteiger partial charge on any atom is 0.226 e. The second-order valence-corrected chi connectivity index (χ2v) is 5.27. The first-order valence-corrected chi connectivity index (χ1v) is 5.35. The molecule has 1 N–H and O–H groups in total. The Labute approximate surface area is 90.1 Å². The van der Waals surface area contributed by atoms with Crippen LogP contribution in [0, 0.1) is 10.8 Å². The van der Waals surface area contributed by atoms with Crippen LogP contribution in [0.3, 0.4) is 0 Å². The van der Waals surface area contributed by atoms with Crippen LogP contribution in [0.15, 0.2) is 0 Å². The van der Waals surface area contributed by atoms with Gasteiger partial charge in [0.15, 0.2) is 0 Å². The summed E-state index contributed by atoms with van der Waals surface area (Å²) >= 11 is 5.70. The van der Waals surface area contributed by atoms with Crippen molar-refractivity contribution in [2.75, 3.05) is 25.6 Å². The average molecular weight is 220 g/mol. The van der Waals surface area contributed by atoms with E-state index in [1.165, 1.54) is 0 Å². The minimum absolute atomic E-state index is 0.0145. The summed E-state index contributed by atoms with van der Waals surface area (Å²) in [6, 6.07) is 0. The van der Waals surface area contributed by atoms with Crippen LogP contribution in [-0.2, 0) is 9.53 Å². The Morgan fingerprint density at radius 2 is 2.14 bits per heavy atom. The van der Waals surface area contributed by atoms with Gasteiger partial charge < -0.3 is 10.1 Å². The molecule has 4 heteroatoms. The number of alkyl halides is 1. The van der Waals surface area contributed by atoms with Gasteiger partial charge in [0, 0.05) is 17.8 Å². The van der Waals surface area contributed by atoms with E-state index in [0.717, 1.165) is 13.2 Å². The predicted molar refractivity (Wildman–Crippen MR) is 56.4 cm³/mol. The maximum atomic E-state index is 11.6. The Morgan fingerprint density at radius 3 is 2.50 bits per heavy atom. The van der Waals surface area contributed by atoms with E-state index in [9.17, 15) is 4.79 Å². The molecule has 0 bridgehead atoms. The monoisotopic (exact) mass is 219 g/mol. The van der Waals surface area contributed by atoms with Gasteiger partial charge in [-0.1, -0.05) is 6.92 Å². The number of carbonyl (C=O) groups excluding carboxylic acids is 1. The van der Waals surface area contributed by atoms with Gasteiger partial charge in [0.05, 0.1) is 18.6 Å². The average Bonchev–Trinajstić information content (AvgIpc) is 2.11. The molecule has 0 unspecified atom stereocenters. The van der Waals surface area contributed by atoms with E-state index in [2.05, 4.69) is 12.2 Å². The molecule has 0 aromatic carbocycles. The lowest BCUT2D eigenvalue weighted by atomic mass is 9.87. The van der Waals surface area contributed by atoms with Crippen LogP contribution in [0.2, 0.25) is 0 Å². The van der Waals surface area contributed by atoms with Crippen LogP contribution in [0.4, 0.5) is 0 Å². The standard InChI is InChI=1S/C10H18ClNO2/c1-9(2,4-11)8(13)12-5-10(3)6-14-7-10/h4-7H2,1-3H3,(H,12,13). The lowest BCUT2D eigenvalue weighted by Crippen LogP contribution is -2.51. The SMILES string of the molecule is CC1(CNC(=O)C(C)(C)CCl)COC1. The third-order valence-corrected chi connectivity index (χ3v) is 3.19. The van der Waals surface area contributed by atoms with Crippen molar-refractivity contribution in [1.82, 2.24) is 5.32 Å². The first kappa shape index (κ1) is 11.8. The number of carbonyl (C=O) groups is 1. The van der Waals surface area contributed by atoms with Crippen molar-refractivity contribution in [1.29, 1.82) is 0 Å². The highest BCUT2D eigenvalue weighted by Gasteiger charge is 2.35. The zero-order valence-corrected chi connectivity index (χ0v) is 9.78. The van der Waals surface area contributed by atoms with Gasteiger partial charge in [0.25, 0.3) is 0 Å². The quantitative estimate of drug-likeness (QED) is 0.726. The van der Waals surface area contributed by atoms with Gasteiger partial charge in [-0.05, 0) is 13.8 Å². The summed E-state index contributed by atoms with van der Waals surface area (Å²) in [6.07, 6.45) is 0. The molecule has 1 aliphatic heterocycles. The first-order chi connectivity index (χ1) is 6.40. The van der Waals surface area contributed by atoms with E-state index in [1.807, 2.05) is 13.8 Å². The normalized spacial score (nSPS) is 20.0. The highest BCUT2D eigenvalue weighted by atomic mass is 35.5. The van der Waals surface area contributed by atoms with Crippen LogP contribution in [-0.4, -0.2) is 31.5 Å². The molecule has 14 heavy (non-hydrogen) atoms. The fraction of sp³-hybridized carbons (Fsp3) is 0.900. The van der Waals surface area contributed by atoms with Gasteiger partial charge in [-0.25, -0.2) is 0 Å². The minimum atomic E-state index is -0.484. The number of halogens is 1. The van der Waals surface area contributed by atoms with Crippen molar-refractivity contribution in [3.05, 3.63) is 0 Å². The minimum Gasteiger partial charge on any atom is -0.380 e. The molecule has 3 nitrogen and oxygen atoms in total. The third kappa shape index (κ3) is 2.61. The topological polar surface area (TPSA) is 38.3 Å². The highest BCUT2D eigenvalue weighted by molar-refractivity contribution is 6.19. The molecule has 0 aromatic heterocycles. The molecule has 0 aliphatic carbocycles. The molecular formula is C10H18ClNO2. The predicted octanol–water partition coefficient (Wildman–Crippen LogP) is 1.40. The van der Waals surface area contributed by atoms with Gasteiger partial charge in [-0.15, -0.1) is 11.6 Å². The van der Waals surface area contributed by atoms with Gasteiger partial charge in [0.2, 0.25) is 5.91 Å². The summed E-state index contributed by atoms with van der Waals surface area (Å²) in [5.74, 6) is 0.354. The van der Waals surface area contributed by atoms with Crippen molar-refractivity contribution in [3.63, 3.8) is 0 Å². The molecule has 0 spiro atoms. The van der Waals surface area contributed by atoms with E-state index in [0.29, 0.717) is 12.4 Å². The van der Waals surface area contributed by atoms with Crippen molar-refractivity contribution < 1.29 is 9.53 Å². The molecule has 1 rings (SSSR count). The summed E-state index contributed by atoms with van der Waals surface area (Å²) in [6.45, 7) is 7.92. The third-order valence-electron chi connectivity index (χ3n) is 2.53. The second kappa shape index (κ2) is 4.07. The van der Waals surface area contributed by atoms with Crippen molar-refractivity contribution >= 4 is 17.5 Å². The summed E-state index contributed by atoms with van der Waals surface area (Å²) in [5, 5.41) is 2.91. The van der Waals surface area contributed by atoms with Crippen molar-refractivity contribution in [3.8, 4) is 0 Å². The Kier molecular flexibility index (Phi) is 3.43. The van der Waals surface area contributed by atoms with E-state index >= 15 is 0 Å². The Morgan fingerprint density at radius 1 is 1.57 bits per heavy atom. The number of hydrogen-bond donors (Lipinski definition) is 1. The van der Waals surface area contributed by atoms with Gasteiger partial charge in [-0.3, -0.25) is 4.79 Å². The summed E-state index contributed by atoms with van der Waals surface area (Å²) in [5.41, 5.74) is -0.361. The summed E-state index contributed by atoms with van der Waals surface area (Å²) < 4.78 is 5.10. The largest absolute Gasteiger partial charge is 0.380 e. The fourth-order valence-corrected chi connectivity index (χ4v) is 1.27. The molecular weight excluding hydrogens is 202 g/mol. The van der Waals surface area contributed by atoms with Crippen LogP contribution in [0.5, 0.6) is 0 Å². The van der Waals surface area contributed by atoms with Gasteiger partial charge in [0.1, 0.15) is 0 Å². The summed E-state index contributed by atoms with van der Waals surface area (Å²) in [7, 11) is 0.